The quantitative estimate of drug-likeness (QED) is 0.663. The van der Waals surface area contributed by atoms with E-state index in [4.69, 9.17) is 4.74 Å². The molecular formula is C18H30N2O4S. The third-order valence-corrected chi connectivity index (χ3v) is 5.46. The van der Waals surface area contributed by atoms with Crippen LogP contribution in [-0.2, 0) is 14.8 Å². The molecule has 142 valence electrons. The van der Waals surface area contributed by atoms with Crippen molar-refractivity contribution in [2.75, 3.05) is 7.11 Å². The number of rotatable bonds is 10. The van der Waals surface area contributed by atoms with Crippen LogP contribution in [0, 0.1) is 5.92 Å². The van der Waals surface area contributed by atoms with Crippen LogP contribution in [-0.4, -0.2) is 33.5 Å². The Morgan fingerprint density at radius 3 is 2.20 bits per heavy atom. The van der Waals surface area contributed by atoms with Gasteiger partial charge in [0, 0.05) is 6.04 Å². The molecule has 1 aromatic carbocycles. The third kappa shape index (κ3) is 7.44. The van der Waals surface area contributed by atoms with Crippen molar-refractivity contribution < 1.29 is 17.9 Å². The highest BCUT2D eigenvalue weighted by Gasteiger charge is 2.22. The van der Waals surface area contributed by atoms with E-state index in [-0.39, 0.29) is 16.8 Å². The number of amides is 1. The zero-order chi connectivity index (χ0) is 19.0. The van der Waals surface area contributed by atoms with Gasteiger partial charge in [-0.3, -0.25) is 4.79 Å². The Bertz CT molecular complexity index is 642. The van der Waals surface area contributed by atoms with Crippen molar-refractivity contribution in [2.45, 2.75) is 63.9 Å². The monoisotopic (exact) mass is 370 g/mol. The lowest BCUT2D eigenvalue weighted by Gasteiger charge is -2.19. The summed E-state index contributed by atoms with van der Waals surface area (Å²) in [7, 11) is -2.25. The summed E-state index contributed by atoms with van der Waals surface area (Å²) in [5.41, 5.74) is 0. The lowest BCUT2D eigenvalue weighted by Crippen LogP contribution is -2.47. The minimum atomic E-state index is -3.76. The maximum absolute atomic E-state index is 12.3. The fraction of sp³-hybridized carbons (Fsp3) is 0.611. The Labute approximate surface area is 151 Å². The molecule has 1 rings (SSSR count). The Kier molecular flexibility index (Phi) is 8.38. The van der Waals surface area contributed by atoms with E-state index in [9.17, 15) is 13.2 Å². The number of sulfonamides is 1. The molecule has 1 amide bonds. The molecule has 6 nitrogen and oxygen atoms in total. The number of carbonyl (C=O) groups is 1. The van der Waals surface area contributed by atoms with Crippen molar-refractivity contribution in [3.63, 3.8) is 0 Å². The molecule has 0 bridgehead atoms. The van der Waals surface area contributed by atoms with Crippen LogP contribution in [0.25, 0.3) is 0 Å². The van der Waals surface area contributed by atoms with Crippen molar-refractivity contribution in [3.8, 4) is 5.75 Å². The molecule has 0 aliphatic heterocycles. The second kappa shape index (κ2) is 9.77. The van der Waals surface area contributed by atoms with Gasteiger partial charge in [-0.15, -0.1) is 0 Å². The van der Waals surface area contributed by atoms with Gasteiger partial charge in [-0.05, 0) is 50.5 Å². The maximum atomic E-state index is 12.3. The molecule has 0 saturated carbocycles. The summed E-state index contributed by atoms with van der Waals surface area (Å²) in [6.07, 6.45) is 3.02. The van der Waals surface area contributed by atoms with Gasteiger partial charge in [0.15, 0.2) is 0 Å². The Hall–Kier alpha value is -1.60. The summed E-state index contributed by atoms with van der Waals surface area (Å²) < 4.78 is 32.1. The molecule has 0 aliphatic carbocycles. The van der Waals surface area contributed by atoms with Crippen LogP contribution in [0.1, 0.15) is 47.0 Å². The molecule has 25 heavy (non-hydrogen) atoms. The standard InChI is InChI=1S/C18H30N2O4S/c1-13(2)7-6-8-14(3)19-18(21)15(4)20-25(22,23)17-11-9-16(24-5)10-12-17/h9-15,20H,6-8H2,1-5H3,(H,19,21)/t14?,15-/m0/s1. The summed E-state index contributed by atoms with van der Waals surface area (Å²) in [4.78, 5) is 12.3. The van der Waals surface area contributed by atoms with E-state index in [1.807, 2.05) is 6.92 Å². The average molecular weight is 371 g/mol. The van der Waals surface area contributed by atoms with Crippen LogP contribution in [0.5, 0.6) is 5.75 Å². The van der Waals surface area contributed by atoms with E-state index in [1.165, 1.54) is 26.2 Å². The van der Waals surface area contributed by atoms with Gasteiger partial charge in [0.25, 0.3) is 0 Å². The first kappa shape index (κ1) is 21.4. The highest BCUT2D eigenvalue weighted by Crippen LogP contribution is 2.15. The normalized spacial score (nSPS) is 14.2. The van der Waals surface area contributed by atoms with Gasteiger partial charge in [0.05, 0.1) is 18.0 Å². The number of benzene rings is 1. The van der Waals surface area contributed by atoms with Gasteiger partial charge in [0.1, 0.15) is 5.75 Å². The smallest absolute Gasteiger partial charge is 0.241 e. The first-order valence-electron chi connectivity index (χ1n) is 8.62. The first-order valence-corrected chi connectivity index (χ1v) is 10.1. The second-order valence-corrected chi connectivity index (χ2v) is 8.47. The fourth-order valence-corrected chi connectivity index (χ4v) is 3.58. The van der Waals surface area contributed by atoms with Gasteiger partial charge < -0.3 is 10.1 Å². The van der Waals surface area contributed by atoms with E-state index in [2.05, 4.69) is 23.9 Å². The number of nitrogens with one attached hydrogen (secondary N) is 2. The summed E-state index contributed by atoms with van der Waals surface area (Å²) in [5, 5.41) is 2.86. The summed E-state index contributed by atoms with van der Waals surface area (Å²) in [5.74, 6) is 0.882. The molecule has 1 unspecified atom stereocenters. The maximum Gasteiger partial charge on any atom is 0.241 e. The van der Waals surface area contributed by atoms with Gasteiger partial charge in [-0.2, -0.15) is 4.72 Å². The van der Waals surface area contributed by atoms with Gasteiger partial charge in [-0.25, -0.2) is 8.42 Å². The minimum absolute atomic E-state index is 0.0131. The van der Waals surface area contributed by atoms with Gasteiger partial charge in [0.2, 0.25) is 15.9 Å². The van der Waals surface area contributed by atoms with Crippen LogP contribution in [0.4, 0.5) is 0 Å². The van der Waals surface area contributed by atoms with Crippen LogP contribution in [0.3, 0.4) is 0 Å². The molecule has 7 heteroatoms. The summed E-state index contributed by atoms with van der Waals surface area (Å²) >= 11 is 0. The molecule has 0 radical (unpaired) electrons. The van der Waals surface area contributed by atoms with E-state index >= 15 is 0 Å². The zero-order valence-electron chi connectivity index (χ0n) is 15.7. The van der Waals surface area contributed by atoms with Crippen molar-refractivity contribution in [2.24, 2.45) is 5.92 Å². The molecule has 2 atom stereocenters. The molecule has 0 saturated heterocycles. The van der Waals surface area contributed by atoms with Crippen molar-refractivity contribution in [1.29, 1.82) is 0 Å². The Morgan fingerprint density at radius 2 is 1.68 bits per heavy atom. The fourth-order valence-electron chi connectivity index (χ4n) is 2.38. The Balaban J connectivity index is 2.57. The van der Waals surface area contributed by atoms with Crippen LogP contribution in [0.15, 0.2) is 29.2 Å². The van der Waals surface area contributed by atoms with Crippen LogP contribution < -0.4 is 14.8 Å². The molecule has 2 N–H and O–H groups in total. The number of ether oxygens (including phenoxy) is 1. The predicted molar refractivity (Wildman–Crippen MR) is 99.1 cm³/mol. The lowest BCUT2D eigenvalue weighted by molar-refractivity contribution is -0.123. The first-order chi connectivity index (χ1) is 11.7. The summed E-state index contributed by atoms with van der Waals surface area (Å²) in [6, 6.07) is 5.19. The number of methoxy groups -OCH3 is 1. The van der Waals surface area contributed by atoms with Crippen molar-refractivity contribution in [1.82, 2.24) is 10.0 Å². The van der Waals surface area contributed by atoms with Crippen LogP contribution >= 0.6 is 0 Å². The second-order valence-electron chi connectivity index (χ2n) is 6.75. The molecule has 1 aromatic rings. The number of hydrogen-bond acceptors (Lipinski definition) is 4. The molecule has 0 aliphatic rings. The highest BCUT2D eigenvalue weighted by molar-refractivity contribution is 7.89. The number of carbonyl (C=O) groups excluding carboxylic acids is 1. The lowest BCUT2D eigenvalue weighted by atomic mass is 10.0. The van der Waals surface area contributed by atoms with E-state index < -0.39 is 16.1 Å². The average Bonchev–Trinajstić information content (AvgIpc) is 2.54. The number of hydrogen-bond donors (Lipinski definition) is 2. The highest BCUT2D eigenvalue weighted by atomic mass is 32.2. The largest absolute Gasteiger partial charge is 0.497 e. The molecule has 0 aromatic heterocycles. The molecular weight excluding hydrogens is 340 g/mol. The predicted octanol–water partition coefficient (Wildman–Crippen LogP) is 2.69. The van der Waals surface area contributed by atoms with Crippen LogP contribution in [0.2, 0.25) is 0 Å². The topological polar surface area (TPSA) is 84.5 Å². The van der Waals surface area contributed by atoms with Gasteiger partial charge >= 0.3 is 0 Å². The Morgan fingerprint density at radius 1 is 1.08 bits per heavy atom. The minimum Gasteiger partial charge on any atom is -0.497 e. The molecule has 0 spiro atoms. The van der Waals surface area contributed by atoms with E-state index in [0.717, 1.165) is 19.3 Å². The van der Waals surface area contributed by atoms with Crippen molar-refractivity contribution >= 4 is 15.9 Å². The van der Waals surface area contributed by atoms with E-state index in [0.29, 0.717) is 11.7 Å². The molecule has 0 heterocycles. The van der Waals surface area contributed by atoms with E-state index in [1.54, 1.807) is 12.1 Å². The van der Waals surface area contributed by atoms with Crippen molar-refractivity contribution in [3.05, 3.63) is 24.3 Å². The van der Waals surface area contributed by atoms with Gasteiger partial charge in [-0.1, -0.05) is 26.7 Å². The third-order valence-electron chi connectivity index (χ3n) is 3.90. The molecule has 0 fully saturated rings. The summed E-state index contributed by atoms with van der Waals surface area (Å²) in [6.45, 7) is 7.80. The SMILES string of the molecule is COc1ccc(S(=O)(=O)N[C@@H](C)C(=O)NC(C)CCCC(C)C)cc1. The zero-order valence-corrected chi connectivity index (χ0v) is 16.5.